The fourth-order valence-corrected chi connectivity index (χ4v) is 2.47. The van der Waals surface area contributed by atoms with Crippen LogP contribution in [0.3, 0.4) is 0 Å². The monoisotopic (exact) mass is 305 g/mol. The van der Waals surface area contributed by atoms with Crippen molar-refractivity contribution in [1.29, 1.82) is 0 Å². The van der Waals surface area contributed by atoms with Crippen molar-refractivity contribution in [1.82, 2.24) is 10.2 Å². The van der Waals surface area contributed by atoms with E-state index in [9.17, 15) is 4.79 Å². The third kappa shape index (κ3) is 4.37. The lowest BCUT2D eigenvalue weighted by Gasteiger charge is -2.35. The molecule has 0 unspecified atom stereocenters. The summed E-state index contributed by atoms with van der Waals surface area (Å²) < 4.78 is 5.46. The second-order valence-corrected chi connectivity index (χ2v) is 6.92. The van der Waals surface area contributed by atoms with Crippen molar-refractivity contribution in [2.75, 3.05) is 38.6 Å². The van der Waals surface area contributed by atoms with Crippen LogP contribution < -0.4 is 10.2 Å². The first-order valence-electron chi connectivity index (χ1n) is 7.75. The van der Waals surface area contributed by atoms with E-state index < -0.39 is 5.60 Å². The van der Waals surface area contributed by atoms with E-state index in [1.54, 1.807) is 4.90 Å². The maximum absolute atomic E-state index is 12.2. The van der Waals surface area contributed by atoms with Gasteiger partial charge in [-0.2, -0.15) is 0 Å². The highest BCUT2D eigenvalue weighted by atomic mass is 16.6. The molecule has 1 heterocycles. The minimum Gasteiger partial charge on any atom is -0.444 e. The van der Waals surface area contributed by atoms with Gasteiger partial charge < -0.3 is 19.9 Å². The number of hydrogen-bond acceptors (Lipinski definition) is 4. The molecule has 0 aliphatic carbocycles. The molecule has 1 amide bonds. The van der Waals surface area contributed by atoms with E-state index >= 15 is 0 Å². The van der Waals surface area contributed by atoms with Gasteiger partial charge in [-0.05, 0) is 38.5 Å². The van der Waals surface area contributed by atoms with Gasteiger partial charge >= 0.3 is 6.09 Å². The molecule has 1 N–H and O–H groups in total. The fourth-order valence-electron chi connectivity index (χ4n) is 2.47. The minimum atomic E-state index is -0.454. The molecule has 5 heteroatoms. The first-order chi connectivity index (χ1) is 10.3. The summed E-state index contributed by atoms with van der Waals surface area (Å²) in [5.41, 5.74) is 1.91. The molecule has 2 rings (SSSR count). The average molecular weight is 305 g/mol. The highest BCUT2D eigenvalue weighted by Crippen LogP contribution is 2.21. The van der Waals surface area contributed by atoms with Gasteiger partial charge in [0.05, 0.1) is 6.04 Å². The molecule has 1 aromatic carbocycles. The summed E-state index contributed by atoms with van der Waals surface area (Å²) in [6.45, 7) is 7.77. The van der Waals surface area contributed by atoms with Crippen LogP contribution in [0.1, 0.15) is 32.4 Å². The van der Waals surface area contributed by atoms with Crippen molar-refractivity contribution in [3.63, 3.8) is 0 Å². The maximum atomic E-state index is 12.2. The molecule has 122 valence electrons. The Morgan fingerprint density at radius 3 is 2.45 bits per heavy atom. The Labute approximate surface area is 133 Å². The molecule has 1 aliphatic heterocycles. The Kier molecular flexibility index (Phi) is 4.96. The predicted molar refractivity (Wildman–Crippen MR) is 89.3 cm³/mol. The van der Waals surface area contributed by atoms with E-state index in [1.807, 2.05) is 34.9 Å². The van der Waals surface area contributed by atoms with E-state index in [4.69, 9.17) is 4.74 Å². The zero-order valence-electron chi connectivity index (χ0n) is 14.2. The summed E-state index contributed by atoms with van der Waals surface area (Å²) in [6.07, 6.45) is -0.232. The van der Waals surface area contributed by atoms with Crippen molar-refractivity contribution in [3.05, 3.63) is 29.8 Å². The van der Waals surface area contributed by atoms with Crippen LogP contribution >= 0.6 is 0 Å². The summed E-state index contributed by atoms with van der Waals surface area (Å²) in [5, 5.41) is 3.47. The Morgan fingerprint density at radius 2 is 1.91 bits per heavy atom. The SMILES string of the molecule is CN(C)c1ccc([C@H]2CN(C(=O)OC(C)(C)C)CCN2)cc1. The van der Waals surface area contributed by atoms with Crippen molar-refractivity contribution in [3.8, 4) is 0 Å². The fraction of sp³-hybridized carbons (Fsp3) is 0.588. The van der Waals surface area contributed by atoms with Crippen LogP contribution in [0.15, 0.2) is 24.3 Å². The van der Waals surface area contributed by atoms with Crippen molar-refractivity contribution >= 4 is 11.8 Å². The number of piperazine rings is 1. The van der Waals surface area contributed by atoms with Gasteiger partial charge in [-0.15, -0.1) is 0 Å². The Morgan fingerprint density at radius 1 is 1.27 bits per heavy atom. The Balaban J connectivity index is 2.02. The quantitative estimate of drug-likeness (QED) is 0.912. The Hall–Kier alpha value is -1.75. The van der Waals surface area contributed by atoms with Gasteiger partial charge in [0.15, 0.2) is 0 Å². The molecule has 22 heavy (non-hydrogen) atoms. The molecule has 0 saturated carbocycles. The van der Waals surface area contributed by atoms with Crippen molar-refractivity contribution in [2.24, 2.45) is 0 Å². The van der Waals surface area contributed by atoms with E-state index in [2.05, 4.69) is 34.5 Å². The highest BCUT2D eigenvalue weighted by Gasteiger charge is 2.27. The largest absolute Gasteiger partial charge is 0.444 e. The summed E-state index contributed by atoms with van der Waals surface area (Å²) in [6, 6.07) is 8.59. The van der Waals surface area contributed by atoms with Gasteiger partial charge in [-0.1, -0.05) is 12.1 Å². The zero-order chi connectivity index (χ0) is 16.3. The second kappa shape index (κ2) is 6.57. The van der Waals surface area contributed by atoms with Crippen LogP contribution in [0.4, 0.5) is 10.5 Å². The van der Waals surface area contributed by atoms with Crippen LogP contribution in [0.25, 0.3) is 0 Å². The number of carbonyl (C=O) groups excluding carboxylic acids is 1. The first-order valence-corrected chi connectivity index (χ1v) is 7.75. The molecule has 1 saturated heterocycles. The number of nitrogens with one attached hydrogen (secondary N) is 1. The molecule has 1 fully saturated rings. The van der Waals surface area contributed by atoms with Crippen LogP contribution in [0.2, 0.25) is 0 Å². The van der Waals surface area contributed by atoms with Crippen LogP contribution in [0, 0.1) is 0 Å². The van der Waals surface area contributed by atoms with Crippen LogP contribution in [-0.4, -0.2) is 50.3 Å². The molecule has 5 nitrogen and oxygen atoms in total. The molecular formula is C17H27N3O2. The number of carbonyl (C=O) groups is 1. The third-order valence-electron chi connectivity index (χ3n) is 3.64. The normalized spacial score (nSPS) is 19.0. The second-order valence-electron chi connectivity index (χ2n) is 6.92. The van der Waals surface area contributed by atoms with Gasteiger partial charge in [0, 0.05) is 39.4 Å². The van der Waals surface area contributed by atoms with Gasteiger partial charge in [-0.3, -0.25) is 0 Å². The topological polar surface area (TPSA) is 44.8 Å². The van der Waals surface area contributed by atoms with Gasteiger partial charge in [0.25, 0.3) is 0 Å². The number of benzene rings is 1. The summed E-state index contributed by atoms with van der Waals surface area (Å²) in [7, 11) is 4.05. The standard InChI is InChI=1S/C17H27N3O2/c1-17(2,3)22-16(21)20-11-10-18-15(12-20)13-6-8-14(9-7-13)19(4)5/h6-9,15,18H,10-12H2,1-5H3/t15-/m1/s1. The van der Waals surface area contributed by atoms with Crippen LogP contribution in [-0.2, 0) is 4.74 Å². The minimum absolute atomic E-state index is 0.150. The first kappa shape index (κ1) is 16.6. The maximum Gasteiger partial charge on any atom is 0.410 e. The molecular weight excluding hydrogens is 278 g/mol. The number of hydrogen-bond donors (Lipinski definition) is 1. The van der Waals surface area contributed by atoms with E-state index in [0.717, 1.165) is 6.54 Å². The lowest BCUT2D eigenvalue weighted by Crippen LogP contribution is -2.49. The van der Waals surface area contributed by atoms with Gasteiger partial charge in [0.2, 0.25) is 0 Å². The lowest BCUT2D eigenvalue weighted by molar-refractivity contribution is 0.0195. The van der Waals surface area contributed by atoms with Crippen molar-refractivity contribution < 1.29 is 9.53 Å². The molecule has 1 aromatic rings. The van der Waals surface area contributed by atoms with E-state index in [1.165, 1.54) is 11.3 Å². The molecule has 0 radical (unpaired) electrons. The Bertz CT molecular complexity index is 506. The molecule has 0 spiro atoms. The summed E-state index contributed by atoms with van der Waals surface area (Å²) in [5.74, 6) is 0. The summed E-state index contributed by atoms with van der Waals surface area (Å²) in [4.78, 5) is 16.1. The highest BCUT2D eigenvalue weighted by molar-refractivity contribution is 5.68. The number of anilines is 1. The van der Waals surface area contributed by atoms with Gasteiger partial charge in [-0.25, -0.2) is 4.79 Å². The molecule has 0 aromatic heterocycles. The lowest BCUT2D eigenvalue weighted by atomic mass is 10.0. The predicted octanol–water partition coefficient (Wildman–Crippen LogP) is 2.63. The molecule has 0 bridgehead atoms. The molecule has 1 atom stereocenters. The van der Waals surface area contributed by atoms with Crippen molar-refractivity contribution in [2.45, 2.75) is 32.4 Å². The number of amides is 1. The number of rotatable bonds is 2. The summed E-state index contributed by atoms with van der Waals surface area (Å²) >= 11 is 0. The number of ether oxygens (including phenoxy) is 1. The average Bonchev–Trinajstić information content (AvgIpc) is 2.46. The smallest absolute Gasteiger partial charge is 0.410 e. The molecule has 1 aliphatic rings. The van der Waals surface area contributed by atoms with Gasteiger partial charge in [0.1, 0.15) is 5.60 Å². The number of nitrogens with zero attached hydrogens (tertiary/aromatic N) is 2. The zero-order valence-corrected chi connectivity index (χ0v) is 14.2. The third-order valence-corrected chi connectivity index (χ3v) is 3.64. The van der Waals surface area contributed by atoms with E-state index in [0.29, 0.717) is 13.1 Å². The van der Waals surface area contributed by atoms with E-state index in [-0.39, 0.29) is 12.1 Å². The van der Waals surface area contributed by atoms with Crippen LogP contribution in [0.5, 0.6) is 0 Å².